The van der Waals surface area contributed by atoms with E-state index in [1.165, 1.54) is 0 Å². The Balaban J connectivity index is 1.42. The lowest BCUT2D eigenvalue weighted by Crippen LogP contribution is -2.52. The number of aromatic nitrogens is 2. The Bertz CT molecular complexity index is 630. The van der Waals surface area contributed by atoms with E-state index in [2.05, 4.69) is 14.9 Å². The van der Waals surface area contributed by atoms with Crippen LogP contribution in [0.2, 0.25) is 0 Å². The van der Waals surface area contributed by atoms with Crippen molar-refractivity contribution in [3.05, 3.63) is 18.5 Å². The van der Waals surface area contributed by atoms with E-state index < -0.39 is 11.9 Å². The van der Waals surface area contributed by atoms with Crippen LogP contribution in [0.25, 0.3) is 0 Å². The van der Waals surface area contributed by atoms with Crippen LogP contribution in [0, 0.1) is 23.7 Å². The van der Waals surface area contributed by atoms with Gasteiger partial charge in [0.15, 0.2) is 0 Å². The van der Waals surface area contributed by atoms with Crippen LogP contribution in [0.15, 0.2) is 18.5 Å². The van der Waals surface area contributed by atoms with E-state index in [1.807, 2.05) is 4.90 Å². The molecule has 3 aliphatic rings. The largest absolute Gasteiger partial charge is 0.481 e. The molecule has 0 unspecified atom stereocenters. The summed E-state index contributed by atoms with van der Waals surface area (Å²) in [5.41, 5.74) is 0. The Morgan fingerprint density at radius 2 is 1.62 bits per heavy atom. The Labute approximate surface area is 140 Å². The second kappa shape index (κ2) is 6.03. The fourth-order valence-corrected chi connectivity index (χ4v) is 4.79. The van der Waals surface area contributed by atoms with Crippen molar-refractivity contribution in [2.75, 3.05) is 31.1 Å². The molecule has 1 aromatic rings. The van der Waals surface area contributed by atoms with Gasteiger partial charge in [0, 0.05) is 38.6 Å². The third-order valence-corrected chi connectivity index (χ3v) is 5.91. The maximum atomic E-state index is 13.0. The number of aliphatic carboxylic acids is 1. The summed E-state index contributed by atoms with van der Waals surface area (Å²) in [4.78, 5) is 37.0. The topological polar surface area (TPSA) is 86.6 Å². The highest BCUT2D eigenvalue weighted by molar-refractivity contribution is 5.86. The lowest BCUT2D eigenvalue weighted by molar-refractivity contribution is -0.153. The first-order chi connectivity index (χ1) is 11.6. The molecule has 0 aromatic carbocycles. The molecular formula is C17H22N4O3. The van der Waals surface area contributed by atoms with Crippen molar-refractivity contribution in [3.8, 4) is 0 Å². The van der Waals surface area contributed by atoms with Crippen LogP contribution in [0.3, 0.4) is 0 Å². The van der Waals surface area contributed by atoms with Crippen molar-refractivity contribution in [1.82, 2.24) is 14.9 Å². The van der Waals surface area contributed by atoms with Crippen LogP contribution in [0.1, 0.15) is 19.3 Å². The highest BCUT2D eigenvalue weighted by atomic mass is 16.4. The van der Waals surface area contributed by atoms with Gasteiger partial charge in [0.25, 0.3) is 0 Å². The number of fused-ring (bicyclic) bond motifs is 2. The van der Waals surface area contributed by atoms with Gasteiger partial charge in [0.2, 0.25) is 11.9 Å². The third kappa shape index (κ3) is 2.52. The predicted octanol–water partition coefficient (Wildman–Crippen LogP) is 0.872. The second-order valence-electron chi connectivity index (χ2n) is 7.08. The maximum Gasteiger partial charge on any atom is 0.307 e. The number of carboxylic acids is 1. The van der Waals surface area contributed by atoms with Crippen LogP contribution in [0.5, 0.6) is 0 Å². The molecule has 2 aliphatic carbocycles. The summed E-state index contributed by atoms with van der Waals surface area (Å²) >= 11 is 0. The lowest BCUT2D eigenvalue weighted by Gasteiger charge is -2.38. The maximum absolute atomic E-state index is 13.0. The molecular weight excluding hydrogens is 308 g/mol. The first-order valence-corrected chi connectivity index (χ1v) is 8.68. The molecule has 4 rings (SSSR count). The smallest absolute Gasteiger partial charge is 0.307 e. The lowest BCUT2D eigenvalue weighted by atomic mass is 9.78. The van der Waals surface area contributed by atoms with Gasteiger partial charge in [-0.3, -0.25) is 9.59 Å². The first-order valence-electron chi connectivity index (χ1n) is 8.68. The highest BCUT2D eigenvalue weighted by Gasteiger charge is 2.54. The number of amides is 1. The van der Waals surface area contributed by atoms with Crippen LogP contribution < -0.4 is 4.90 Å². The summed E-state index contributed by atoms with van der Waals surface area (Å²) in [5, 5.41) is 9.55. The van der Waals surface area contributed by atoms with E-state index in [-0.39, 0.29) is 23.7 Å². The number of carbonyl (C=O) groups excluding carboxylic acids is 1. The first kappa shape index (κ1) is 15.4. The van der Waals surface area contributed by atoms with Gasteiger partial charge in [-0.1, -0.05) is 0 Å². The number of carboxylic acid groups (broad SMARTS) is 1. The zero-order valence-electron chi connectivity index (χ0n) is 13.5. The van der Waals surface area contributed by atoms with Crippen molar-refractivity contribution >= 4 is 17.8 Å². The molecule has 2 saturated carbocycles. The molecule has 2 heterocycles. The number of hydrogen-bond acceptors (Lipinski definition) is 5. The molecule has 24 heavy (non-hydrogen) atoms. The Kier molecular flexibility index (Phi) is 3.86. The normalized spacial score (nSPS) is 32.2. The third-order valence-electron chi connectivity index (χ3n) is 5.91. The zero-order valence-corrected chi connectivity index (χ0v) is 13.5. The minimum absolute atomic E-state index is 0.0447. The van der Waals surface area contributed by atoms with Gasteiger partial charge in [-0.15, -0.1) is 0 Å². The molecule has 1 N–H and O–H groups in total. The summed E-state index contributed by atoms with van der Waals surface area (Å²) in [6.45, 7) is 2.59. The van der Waals surface area contributed by atoms with Crippen LogP contribution >= 0.6 is 0 Å². The summed E-state index contributed by atoms with van der Waals surface area (Å²) in [7, 11) is 0. The summed E-state index contributed by atoms with van der Waals surface area (Å²) in [6.07, 6.45) is 6.30. The molecule has 1 saturated heterocycles. The number of anilines is 1. The fraction of sp³-hybridized carbons (Fsp3) is 0.647. The molecule has 7 heteroatoms. The SMILES string of the molecule is O=C(O)[C@@H]1[C@H]2CC[C@@H](C2)[C@@H]1C(=O)N1CCN(c2ncccn2)CC1. The average Bonchev–Trinajstić information content (AvgIpc) is 3.23. The van der Waals surface area contributed by atoms with Crippen LogP contribution in [0.4, 0.5) is 5.95 Å². The Hall–Kier alpha value is -2.18. The number of rotatable bonds is 3. The predicted molar refractivity (Wildman–Crippen MR) is 86.3 cm³/mol. The number of nitrogens with zero attached hydrogens (tertiary/aromatic N) is 4. The minimum atomic E-state index is -0.795. The molecule has 1 aliphatic heterocycles. The van der Waals surface area contributed by atoms with E-state index in [4.69, 9.17) is 0 Å². The van der Waals surface area contributed by atoms with Crippen LogP contribution in [-0.2, 0) is 9.59 Å². The average molecular weight is 330 g/mol. The molecule has 1 aromatic heterocycles. The number of hydrogen-bond donors (Lipinski definition) is 1. The summed E-state index contributed by atoms with van der Waals surface area (Å²) in [5.74, 6) is -0.403. The Morgan fingerprint density at radius 3 is 2.25 bits per heavy atom. The summed E-state index contributed by atoms with van der Waals surface area (Å²) in [6, 6.07) is 1.78. The molecule has 0 radical (unpaired) electrons. The van der Waals surface area contributed by atoms with Gasteiger partial charge in [0.1, 0.15) is 0 Å². The summed E-state index contributed by atoms with van der Waals surface area (Å²) < 4.78 is 0. The molecule has 1 amide bonds. The van der Waals surface area contributed by atoms with Crippen molar-refractivity contribution in [2.24, 2.45) is 23.7 Å². The van der Waals surface area contributed by atoms with Gasteiger partial charge in [-0.05, 0) is 37.2 Å². The van der Waals surface area contributed by atoms with Crippen LogP contribution in [-0.4, -0.2) is 58.0 Å². The second-order valence-corrected chi connectivity index (χ2v) is 7.08. The fourth-order valence-electron chi connectivity index (χ4n) is 4.79. The highest BCUT2D eigenvalue weighted by Crippen LogP contribution is 2.53. The van der Waals surface area contributed by atoms with Gasteiger partial charge in [-0.2, -0.15) is 0 Å². The Morgan fingerprint density at radius 1 is 1.00 bits per heavy atom. The molecule has 0 spiro atoms. The van der Waals surface area contributed by atoms with Crippen molar-refractivity contribution < 1.29 is 14.7 Å². The molecule has 128 valence electrons. The van der Waals surface area contributed by atoms with Gasteiger partial charge in [-0.25, -0.2) is 9.97 Å². The quantitative estimate of drug-likeness (QED) is 0.885. The molecule has 2 bridgehead atoms. The molecule has 7 nitrogen and oxygen atoms in total. The van der Waals surface area contributed by atoms with Crippen molar-refractivity contribution in [1.29, 1.82) is 0 Å². The zero-order chi connectivity index (χ0) is 16.7. The van der Waals surface area contributed by atoms with Gasteiger partial charge < -0.3 is 14.9 Å². The minimum Gasteiger partial charge on any atom is -0.481 e. The molecule has 4 atom stereocenters. The van der Waals surface area contributed by atoms with E-state index in [0.717, 1.165) is 19.3 Å². The number of piperazine rings is 1. The number of carbonyl (C=O) groups is 2. The van der Waals surface area contributed by atoms with Gasteiger partial charge in [0.05, 0.1) is 11.8 Å². The van der Waals surface area contributed by atoms with E-state index in [9.17, 15) is 14.7 Å². The molecule has 3 fully saturated rings. The van der Waals surface area contributed by atoms with E-state index in [1.54, 1.807) is 18.5 Å². The van der Waals surface area contributed by atoms with Crippen molar-refractivity contribution in [2.45, 2.75) is 19.3 Å². The monoisotopic (exact) mass is 330 g/mol. The van der Waals surface area contributed by atoms with E-state index >= 15 is 0 Å². The van der Waals surface area contributed by atoms with E-state index in [0.29, 0.717) is 32.1 Å². The van der Waals surface area contributed by atoms with Crippen molar-refractivity contribution in [3.63, 3.8) is 0 Å². The van der Waals surface area contributed by atoms with Gasteiger partial charge >= 0.3 is 5.97 Å². The standard InChI is InChI=1S/C17H22N4O3/c22-15(13-11-2-3-12(10-11)14(13)16(23)24)20-6-8-21(9-7-20)17-18-4-1-5-19-17/h1,4-5,11-14H,2-3,6-10H2,(H,23,24)/t11-,12-,13-,14+/m0/s1.